The van der Waals surface area contributed by atoms with Crippen LogP contribution in [0.3, 0.4) is 0 Å². The van der Waals surface area contributed by atoms with Gasteiger partial charge in [0.1, 0.15) is 5.82 Å². The van der Waals surface area contributed by atoms with Crippen molar-refractivity contribution in [3.05, 3.63) is 40.7 Å². The number of halogens is 2. The molecule has 0 aromatic heterocycles. The molecule has 4 heteroatoms. The number of benzene rings is 1. The third-order valence-electron chi connectivity index (χ3n) is 1.32. The topological polar surface area (TPSA) is 43.1 Å². The van der Waals surface area contributed by atoms with Crippen molar-refractivity contribution in [3.8, 4) is 0 Å². The van der Waals surface area contributed by atoms with Gasteiger partial charge in [-0.25, -0.2) is 4.39 Å². The van der Waals surface area contributed by atoms with Crippen molar-refractivity contribution in [1.82, 2.24) is 0 Å². The maximum Gasteiger partial charge on any atom is 0.241 e. The van der Waals surface area contributed by atoms with Crippen molar-refractivity contribution in [2.75, 3.05) is 0 Å². The zero-order valence-corrected chi connectivity index (χ0v) is 7.38. The Hall–Kier alpha value is -1.35. The molecule has 68 valence electrons. The summed E-state index contributed by atoms with van der Waals surface area (Å²) in [5, 5.41) is 0.282. The van der Waals surface area contributed by atoms with Crippen LogP contribution in [0.1, 0.15) is 5.56 Å². The molecule has 1 aromatic carbocycles. The van der Waals surface area contributed by atoms with E-state index in [1.54, 1.807) is 0 Å². The molecule has 0 spiro atoms. The van der Waals surface area contributed by atoms with Gasteiger partial charge in [-0.1, -0.05) is 11.6 Å². The molecule has 1 amide bonds. The van der Waals surface area contributed by atoms with Crippen LogP contribution >= 0.6 is 11.6 Å². The fourth-order valence-electron chi connectivity index (χ4n) is 0.850. The van der Waals surface area contributed by atoms with Crippen LogP contribution in [0.4, 0.5) is 4.39 Å². The average Bonchev–Trinajstić information content (AvgIpc) is 1.99. The van der Waals surface area contributed by atoms with Gasteiger partial charge in [0.05, 0.1) is 0 Å². The fraction of sp³-hybridized carbons (Fsp3) is 0. The average molecular weight is 200 g/mol. The van der Waals surface area contributed by atoms with Crippen LogP contribution in [-0.4, -0.2) is 5.91 Å². The van der Waals surface area contributed by atoms with Gasteiger partial charge in [0, 0.05) is 11.1 Å². The van der Waals surface area contributed by atoms with Gasteiger partial charge in [0.2, 0.25) is 5.91 Å². The normalized spacial score (nSPS) is 10.6. The van der Waals surface area contributed by atoms with E-state index in [0.717, 1.165) is 6.08 Å². The molecule has 0 heterocycles. The van der Waals surface area contributed by atoms with Gasteiger partial charge in [-0.2, -0.15) is 0 Å². The number of carbonyl (C=O) groups excluding carboxylic acids is 1. The molecule has 0 saturated carbocycles. The first kappa shape index (κ1) is 9.74. The van der Waals surface area contributed by atoms with Crippen LogP contribution in [-0.2, 0) is 4.79 Å². The van der Waals surface area contributed by atoms with Crippen molar-refractivity contribution in [1.29, 1.82) is 0 Å². The van der Waals surface area contributed by atoms with Crippen molar-refractivity contribution in [3.63, 3.8) is 0 Å². The summed E-state index contributed by atoms with van der Waals surface area (Å²) in [5.41, 5.74) is 5.37. The van der Waals surface area contributed by atoms with Gasteiger partial charge < -0.3 is 5.73 Å². The molecule has 0 radical (unpaired) electrons. The van der Waals surface area contributed by atoms with E-state index in [1.165, 1.54) is 24.3 Å². The van der Waals surface area contributed by atoms with E-state index >= 15 is 0 Å². The molecule has 0 aliphatic heterocycles. The third kappa shape index (κ3) is 3.25. The van der Waals surface area contributed by atoms with Gasteiger partial charge >= 0.3 is 0 Å². The minimum absolute atomic E-state index is 0.282. The number of nitrogens with two attached hydrogens (primary N) is 1. The molecule has 0 saturated heterocycles. The zero-order valence-electron chi connectivity index (χ0n) is 6.63. The lowest BCUT2D eigenvalue weighted by atomic mass is 10.2. The predicted molar refractivity (Wildman–Crippen MR) is 49.6 cm³/mol. The van der Waals surface area contributed by atoms with Crippen LogP contribution in [0.5, 0.6) is 0 Å². The van der Waals surface area contributed by atoms with Crippen molar-refractivity contribution in [2.24, 2.45) is 5.73 Å². The summed E-state index contributed by atoms with van der Waals surface area (Å²) >= 11 is 5.58. The van der Waals surface area contributed by atoms with Crippen molar-refractivity contribution in [2.45, 2.75) is 0 Å². The summed E-state index contributed by atoms with van der Waals surface area (Å²) < 4.78 is 12.7. The largest absolute Gasteiger partial charge is 0.366 e. The lowest BCUT2D eigenvalue weighted by Gasteiger charge is -1.95. The number of amides is 1. The molecule has 1 aromatic rings. The molecular weight excluding hydrogens is 193 g/mol. The van der Waals surface area contributed by atoms with E-state index in [4.69, 9.17) is 17.3 Å². The molecule has 0 aliphatic carbocycles. The van der Waals surface area contributed by atoms with Gasteiger partial charge in [-0.15, -0.1) is 0 Å². The second-order valence-electron chi connectivity index (χ2n) is 2.44. The molecule has 0 fully saturated rings. The highest BCUT2D eigenvalue weighted by Crippen LogP contribution is 2.14. The predicted octanol–water partition coefficient (Wildman–Crippen LogP) is 1.98. The Morgan fingerprint density at radius 2 is 2.15 bits per heavy atom. The molecule has 0 atom stereocenters. The Labute approximate surface area is 79.8 Å². The highest BCUT2D eigenvalue weighted by molar-refractivity contribution is 6.30. The van der Waals surface area contributed by atoms with E-state index in [1.807, 2.05) is 0 Å². The molecule has 0 bridgehead atoms. The summed E-state index contributed by atoms with van der Waals surface area (Å²) in [7, 11) is 0. The van der Waals surface area contributed by atoms with E-state index < -0.39 is 11.7 Å². The molecule has 0 unspecified atom stereocenters. The van der Waals surface area contributed by atoms with Crippen LogP contribution in [0.15, 0.2) is 24.3 Å². The quantitative estimate of drug-likeness (QED) is 0.728. The Bertz CT molecular complexity index is 342. The minimum atomic E-state index is -0.583. The van der Waals surface area contributed by atoms with Gasteiger partial charge in [-0.3, -0.25) is 4.79 Å². The fourth-order valence-corrected chi connectivity index (χ4v) is 1.08. The van der Waals surface area contributed by atoms with Crippen LogP contribution < -0.4 is 5.73 Å². The minimum Gasteiger partial charge on any atom is -0.366 e. The molecule has 1 rings (SSSR count). The standard InChI is InChI=1S/C9H7ClFNO/c10-7-3-6(1-2-9(12)13)4-8(11)5-7/h1-5H,(H2,12,13). The third-order valence-corrected chi connectivity index (χ3v) is 1.54. The van der Waals surface area contributed by atoms with Gasteiger partial charge in [0.25, 0.3) is 0 Å². The summed E-state index contributed by atoms with van der Waals surface area (Å²) in [5.74, 6) is -1.03. The lowest BCUT2D eigenvalue weighted by molar-refractivity contribution is -0.113. The number of hydrogen-bond acceptors (Lipinski definition) is 1. The Balaban J connectivity index is 2.95. The van der Waals surface area contributed by atoms with Crippen LogP contribution in [0.2, 0.25) is 5.02 Å². The maximum absolute atomic E-state index is 12.7. The van der Waals surface area contributed by atoms with E-state index in [0.29, 0.717) is 5.56 Å². The smallest absolute Gasteiger partial charge is 0.241 e. The summed E-state index contributed by atoms with van der Waals surface area (Å²) in [4.78, 5) is 10.4. The molecule has 2 nitrogen and oxygen atoms in total. The van der Waals surface area contributed by atoms with E-state index in [-0.39, 0.29) is 5.02 Å². The van der Waals surface area contributed by atoms with Gasteiger partial charge in [-0.05, 0) is 29.8 Å². The van der Waals surface area contributed by atoms with Crippen molar-refractivity contribution < 1.29 is 9.18 Å². The number of rotatable bonds is 2. The Morgan fingerprint density at radius 1 is 1.46 bits per heavy atom. The van der Waals surface area contributed by atoms with Crippen molar-refractivity contribution >= 4 is 23.6 Å². The van der Waals surface area contributed by atoms with E-state index in [9.17, 15) is 9.18 Å². The highest BCUT2D eigenvalue weighted by Gasteiger charge is 1.96. The maximum atomic E-state index is 12.7. The van der Waals surface area contributed by atoms with Crippen LogP contribution in [0.25, 0.3) is 6.08 Å². The first-order valence-corrected chi connectivity index (χ1v) is 3.89. The first-order valence-electron chi connectivity index (χ1n) is 3.51. The Morgan fingerprint density at radius 3 is 2.69 bits per heavy atom. The first-order chi connectivity index (χ1) is 6.08. The number of primary amides is 1. The second kappa shape index (κ2) is 4.05. The lowest BCUT2D eigenvalue weighted by Crippen LogP contribution is -2.05. The number of carbonyl (C=O) groups is 1. The second-order valence-corrected chi connectivity index (χ2v) is 2.87. The molecular formula is C9H7ClFNO. The molecule has 2 N–H and O–H groups in total. The summed E-state index contributed by atoms with van der Waals surface area (Å²) in [6.45, 7) is 0. The summed E-state index contributed by atoms with van der Waals surface area (Å²) in [6.07, 6.45) is 2.54. The summed E-state index contributed by atoms with van der Waals surface area (Å²) in [6, 6.07) is 3.97. The van der Waals surface area contributed by atoms with Gasteiger partial charge in [0.15, 0.2) is 0 Å². The number of hydrogen-bond donors (Lipinski definition) is 1. The monoisotopic (exact) mass is 199 g/mol. The highest BCUT2D eigenvalue weighted by atomic mass is 35.5. The van der Waals surface area contributed by atoms with E-state index in [2.05, 4.69) is 0 Å². The zero-order chi connectivity index (χ0) is 9.84. The molecule has 13 heavy (non-hydrogen) atoms. The van der Waals surface area contributed by atoms with Crippen LogP contribution in [0, 0.1) is 5.82 Å². The Kier molecular flexibility index (Phi) is 3.03. The SMILES string of the molecule is NC(=O)C=Cc1cc(F)cc(Cl)c1. The molecule has 0 aliphatic rings.